The third kappa shape index (κ3) is 2.21. The fourth-order valence-electron chi connectivity index (χ4n) is 2.17. The molecule has 1 aromatic rings. The quantitative estimate of drug-likeness (QED) is 0.895. The SMILES string of the molecule is CC1SCCC1Nc1ccc2c(c1)OC(F)(F)O2. The number of halogens is 2. The van der Waals surface area contributed by atoms with Crippen molar-refractivity contribution in [2.45, 2.75) is 30.9 Å². The standard InChI is InChI=1S/C12H13F2NO2S/c1-7-9(4-5-18-7)15-8-2-3-10-11(6-8)17-12(13,14)16-10/h2-3,6-7,9,15H,4-5H2,1H3. The fourth-order valence-corrected chi connectivity index (χ4v) is 3.37. The lowest BCUT2D eigenvalue weighted by atomic mass is 10.1. The summed E-state index contributed by atoms with van der Waals surface area (Å²) in [5.41, 5.74) is 0.786. The van der Waals surface area contributed by atoms with Gasteiger partial charge in [0.15, 0.2) is 11.5 Å². The molecule has 0 saturated carbocycles. The fraction of sp³-hybridized carbons (Fsp3) is 0.500. The summed E-state index contributed by atoms with van der Waals surface area (Å²) in [5.74, 6) is 1.30. The average Bonchev–Trinajstić information content (AvgIpc) is 2.80. The number of hydrogen-bond donors (Lipinski definition) is 1. The molecule has 2 atom stereocenters. The Morgan fingerprint density at radius 1 is 1.33 bits per heavy atom. The van der Waals surface area contributed by atoms with Crippen LogP contribution < -0.4 is 14.8 Å². The summed E-state index contributed by atoms with van der Waals surface area (Å²) >= 11 is 1.91. The van der Waals surface area contributed by atoms with Gasteiger partial charge in [-0.15, -0.1) is 8.78 Å². The van der Waals surface area contributed by atoms with Crippen molar-refractivity contribution in [3.63, 3.8) is 0 Å². The van der Waals surface area contributed by atoms with Crippen molar-refractivity contribution in [3.05, 3.63) is 18.2 Å². The van der Waals surface area contributed by atoms with Crippen LogP contribution in [0.5, 0.6) is 11.5 Å². The van der Waals surface area contributed by atoms with Crippen molar-refractivity contribution in [3.8, 4) is 11.5 Å². The number of fused-ring (bicyclic) bond motifs is 1. The summed E-state index contributed by atoms with van der Waals surface area (Å²) in [5, 5.41) is 3.87. The van der Waals surface area contributed by atoms with Gasteiger partial charge in [-0.3, -0.25) is 0 Å². The number of alkyl halides is 2. The average molecular weight is 273 g/mol. The lowest BCUT2D eigenvalue weighted by molar-refractivity contribution is -0.286. The van der Waals surface area contributed by atoms with Gasteiger partial charge in [0.05, 0.1) is 0 Å². The molecule has 2 aliphatic rings. The molecule has 0 amide bonds. The largest absolute Gasteiger partial charge is 0.586 e. The van der Waals surface area contributed by atoms with Crippen molar-refractivity contribution >= 4 is 17.4 Å². The van der Waals surface area contributed by atoms with E-state index in [4.69, 9.17) is 0 Å². The summed E-state index contributed by atoms with van der Waals surface area (Å²) in [6.07, 6.45) is -2.46. The van der Waals surface area contributed by atoms with Crippen molar-refractivity contribution in [1.29, 1.82) is 0 Å². The van der Waals surface area contributed by atoms with Crippen LogP contribution in [0.3, 0.4) is 0 Å². The molecule has 2 aliphatic heterocycles. The van der Waals surface area contributed by atoms with E-state index in [2.05, 4.69) is 21.7 Å². The molecule has 0 spiro atoms. The van der Waals surface area contributed by atoms with E-state index in [1.165, 1.54) is 6.07 Å². The zero-order valence-corrected chi connectivity index (χ0v) is 10.6. The minimum absolute atomic E-state index is 0.0828. The predicted molar refractivity (Wildman–Crippen MR) is 66.6 cm³/mol. The van der Waals surface area contributed by atoms with E-state index in [1.54, 1.807) is 12.1 Å². The molecule has 2 heterocycles. The Morgan fingerprint density at radius 2 is 2.11 bits per heavy atom. The van der Waals surface area contributed by atoms with E-state index in [0.717, 1.165) is 17.9 Å². The second kappa shape index (κ2) is 4.19. The third-order valence-corrected chi connectivity index (χ3v) is 4.46. The Bertz CT molecular complexity index is 469. The zero-order chi connectivity index (χ0) is 12.8. The Morgan fingerprint density at radius 3 is 2.83 bits per heavy atom. The van der Waals surface area contributed by atoms with Gasteiger partial charge in [-0.25, -0.2) is 0 Å². The van der Waals surface area contributed by atoms with Gasteiger partial charge in [0.1, 0.15) is 0 Å². The molecule has 3 nitrogen and oxygen atoms in total. The van der Waals surface area contributed by atoms with E-state index < -0.39 is 6.29 Å². The molecule has 18 heavy (non-hydrogen) atoms. The molecular formula is C12H13F2NO2S. The van der Waals surface area contributed by atoms with Gasteiger partial charge in [0.2, 0.25) is 0 Å². The van der Waals surface area contributed by atoms with Crippen LogP contribution >= 0.6 is 11.8 Å². The van der Waals surface area contributed by atoms with E-state index in [-0.39, 0.29) is 11.5 Å². The van der Waals surface area contributed by atoms with Crippen LogP contribution in [0.4, 0.5) is 14.5 Å². The van der Waals surface area contributed by atoms with E-state index >= 15 is 0 Å². The highest BCUT2D eigenvalue weighted by atomic mass is 32.2. The van der Waals surface area contributed by atoms with Crippen LogP contribution in [0.25, 0.3) is 0 Å². The van der Waals surface area contributed by atoms with Crippen LogP contribution in [0.15, 0.2) is 18.2 Å². The Hall–Kier alpha value is -1.17. The summed E-state index contributed by atoms with van der Waals surface area (Å²) < 4.78 is 34.5. The Balaban J connectivity index is 1.76. The molecule has 98 valence electrons. The molecule has 3 rings (SSSR count). The number of hydrogen-bond acceptors (Lipinski definition) is 4. The smallest absolute Gasteiger partial charge is 0.395 e. The van der Waals surface area contributed by atoms with Gasteiger partial charge in [-0.2, -0.15) is 11.8 Å². The summed E-state index contributed by atoms with van der Waals surface area (Å²) in [4.78, 5) is 0. The summed E-state index contributed by atoms with van der Waals surface area (Å²) in [6, 6.07) is 5.17. The van der Waals surface area contributed by atoms with Crippen molar-refractivity contribution < 1.29 is 18.3 Å². The number of anilines is 1. The monoisotopic (exact) mass is 273 g/mol. The topological polar surface area (TPSA) is 30.5 Å². The number of ether oxygens (including phenoxy) is 2. The lowest BCUT2D eigenvalue weighted by Crippen LogP contribution is -2.26. The number of thioether (sulfide) groups is 1. The summed E-state index contributed by atoms with van der Waals surface area (Å²) in [6.45, 7) is 2.16. The van der Waals surface area contributed by atoms with E-state index in [9.17, 15) is 8.78 Å². The van der Waals surface area contributed by atoms with Gasteiger partial charge < -0.3 is 14.8 Å². The molecule has 1 fully saturated rings. The van der Waals surface area contributed by atoms with Gasteiger partial charge in [-0.05, 0) is 24.3 Å². The van der Waals surface area contributed by atoms with Crippen LogP contribution in [0.2, 0.25) is 0 Å². The van der Waals surface area contributed by atoms with Crippen molar-refractivity contribution in [2.75, 3.05) is 11.1 Å². The maximum atomic E-state index is 12.9. The van der Waals surface area contributed by atoms with Crippen molar-refractivity contribution in [2.24, 2.45) is 0 Å². The van der Waals surface area contributed by atoms with Crippen LogP contribution in [-0.4, -0.2) is 23.3 Å². The molecule has 1 aromatic carbocycles. The van der Waals surface area contributed by atoms with Crippen molar-refractivity contribution in [1.82, 2.24) is 0 Å². The zero-order valence-electron chi connectivity index (χ0n) is 9.78. The maximum Gasteiger partial charge on any atom is 0.586 e. The molecule has 0 aliphatic carbocycles. The van der Waals surface area contributed by atoms with Crippen LogP contribution in [-0.2, 0) is 0 Å². The minimum atomic E-state index is -3.54. The first kappa shape index (κ1) is 11.9. The Labute approximate surface area is 108 Å². The highest BCUT2D eigenvalue weighted by Crippen LogP contribution is 2.42. The number of benzene rings is 1. The third-order valence-electron chi connectivity index (χ3n) is 3.13. The molecule has 1 saturated heterocycles. The van der Waals surface area contributed by atoms with Gasteiger partial charge in [0, 0.05) is 23.0 Å². The molecule has 1 N–H and O–H groups in total. The molecule has 0 bridgehead atoms. The molecule has 0 radical (unpaired) electrons. The first-order chi connectivity index (χ1) is 8.53. The second-order valence-corrected chi connectivity index (χ2v) is 5.93. The minimum Gasteiger partial charge on any atom is -0.395 e. The first-order valence-electron chi connectivity index (χ1n) is 5.81. The van der Waals surface area contributed by atoms with Gasteiger partial charge in [-0.1, -0.05) is 6.92 Å². The van der Waals surface area contributed by atoms with Gasteiger partial charge in [0.25, 0.3) is 0 Å². The number of nitrogens with one attached hydrogen (secondary N) is 1. The molecule has 2 unspecified atom stereocenters. The normalized spacial score (nSPS) is 28.4. The molecule has 0 aromatic heterocycles. The van der Waals surface area contributed by atoms with Gasteiger partial charge >= 0.3 is 6.29 Å². The predicted octanol–water partition coefficient (Wildman–Crippen LogP) is 3.31. The number of rotatable bonds is 2. The van der Waals surface area contributed by atoms with Crippen LogP contribution in [0, 0.1) is 0 Å². The van der Waals surface area contributed by atoms with E-state index in [0.29, 0.717) is 11.3 Å². The lowest BCUT2D eigenvalue weighted by Gasteiger charge is -2.17. The maximum absolute atomic E-state index is 12.9. The van der Waals surface area contributed by atoms with E-state index in [1.807, 2.05) is 11.8 Å². The molecular weight excluding hydrogens is 260 g/mol. The second-order valence-electron chi connectivity index (χ2n) is 4.44. The summed E-state index contributed by atoms with van der Waals surface area (Å²) in [7, 11) is 0. The molecule has 6 heteroatoms. The highest BCUT2D eigenvalue weighted by molar-refractivity contribution is 8.00. The van der Waals surface area contributed by atoms with Crippen LogP contribution in [0.1, 0.15) is 13.3 Å². The Kier molecular flexibility index (Phi) is 2.77. The first-order valence-corrected chi connectivity index (χ1v) is 6.86. The highest BCUT2D eigenvalue weighted by Gasteiger charge is 2.43.